The molecule has 1 N–H and O–H groups in total. The van der Waals surface area contributed by atoms with Crippen LogP contribution in [-0.4, -0.2) is 12.0 Å². The second-order valence-corrected chi connectivity index (χ2v) is 6.41. The van der Waals surface area contributed by atoms with Crippen molar-refractivity contribution in [2.45, 2.75) is 32.9 Å². The molecule has 0 spiro atoms. The first kappa shape index (κ1) is 17.0. The van der Waals surface area contributed by atoms with Gasteiger partial charge in [-0.05, 0) is 49.2 Å². The number of aryl methyl sites for hydroxylation is 1. The second kappa shape index (κ2) is 7.39. The molecular weight excluding hydrogens is 310 g/mol. The molecule has 0 saturated carbocycles. The van der Waals surface area contributed by atoms with Crippen LogP contribution in [0.2, 0.25) is 0 Å². The molecule has 25 heavy (non-hydrogen) atoms. The number of hydrogen-bond donors (Lipinski definition) is 1. The van der Waals surface area contributed by atoms with Gasteiger partial charge in [0.15, 0.2) is 6.10 Å². The third kappa shape index (κ3) is 4.18. The summed E-state index contributed by atoms with van der Waals surface area (Å²) in [5.74, 6) is 0.575. The Morgan fingerprint density at radius 3 is 2.32 bits per heavy atom. The van der Waals surface area contributed by atoms with Gasteiger partial charge in [-0.1, -0.05) is 60.2 Å². The van der Waals surface area contributed by atoms with Gasteiger partial charge in [-0.15, -0.1) is 0 Å². The van der Waals surface area contributed by atoms with E-state index in [1.165, 1.54) is 5.56 Å². The largest absolute Gasteiger partial charge is 0.481 e. The van der Waals surface area contributed by atoms with Crippen molar-refractivity contribution in [3.05, 3.63) is 77.9 Å². The van der Waals surface area contributed by atoms with Crippen LogP contribution in [0.25, 0.3) is 10.8 Å². The fraction of sp³-hybridized carbons (Fsp3) is 0.227. The van der Waals surface area contributed by atoms with Gasteiger partial charge in [-0.2, -0.15) is 0 Å². The minimum absolute atomic E-state index is 0.0595. The van der Waals surface area contributed by atoms with E-state index in [-0.39, 0.29) is 11.9 Å². The zero-order valence-electron chi connectivity index (χ0n) is 14.8. The summed E-state index contributed by atoms with van der Waals surface area (Å²) in [5.41, 5.74) is 2.28. The van der Waals surface area contributed by atoms with Crippen LogP contribution in [0.15, 0.2) is 66.7 Å². The molecule has 0 heterocycles. The average Bonchev–Trinajstić information content (AvgIpc) is 2.62. The highest BCUT2D eigenvalue weighted by Gasteiger charge is 2.17. The van der Waals surface area contributed by atoms with Gasteiger partial charge in [-0.25, -0.2) is 0 Å². The fourth-order valence-electron chi connectivity index (χ4n) is 2.77. The Balaban J connectivity index is 1.64. The Morgan fingerprint density at radius 1 is 0.920 bits per heavy atom. The van der Waals surface area contributed by atoms with Gasteiger partial charge in [0.2, 0.25) is 0 Å². The van der Waals surface area contributed by atoms with E-state index < -0.39 is 6.10 Å². The predicted octanol–water partition coefficient (Wildman–Crippen LogP) is 4.79. The molecule has 128 valence electrons. The molecule has 3 nitrogen and oxygen atoms in total. The zero-order chi connectivity index (χ0) is 17.8. The van der Waals surface area contributed by atoms with Crippen LogP contribution >= 0.6 is 0 Å². The summed E-state index contributed by atoms with van der Waals surface area (Å²) in [6, 6.07) is 22.1. The lowest BCUT2D eigenvalue weighted by Gasteiger charge is -2.19. The van der Waals surface area contributed by atoms with Gasteiger partial charge >= 0.3 is 0 Å². The molecule has 3 heteroatoms. The summed E-state index contributed by atoms with van der Waals surface area (Å²) in [6.07, 6.45) is -0.561. The Kier molecular flexibility index (Phi) is 5.03. The molecule has 0 unspecified atom stereocenters. The van der Waals surface area contributed by atoms with Crippen molar-refractivity contribution in [3.8, 4) is 5.75 Å². The van der Waals surface area contributed by atoms with Crippen molar-refractivity contribution in [1.29, 1.82) is 0 Å². The fourth-order valence-corrected chi connectivity index (χ4v) is 2.77. The smallest absolute Gasteiger partial charge is 0.261 e. The number of benzene rings is 3. The summed E-state index contributed by atoms with van der Waals surface area (Å²) < 4.78 is 5.83. The average molecular weight is 333 g/mol. The Hall–Kier alpha value is -2.81. The van der Waals surface area contributed by atoms with Gasteiger partial charge < -0.3 is 10.1 Å². The molecule has 0 aliphatic heterocycles. The van der Waals surface area contributed by atoms with Gasteiger partial charge in [-0.3, -0.25) is 4.79 Å². The van der Waals surface area contributed by atoms with Gasteiger partial charge in [0, 0.05) is 0 Å². The summed E-state index contributed by atoms with van der Waals surface area (Å²) in [4.78, 5) is 12.4. The number of nitrogens with one attached hydrogen (secondary N) is 1. The van der Waals surface area contributed by atoms with E-state index >= 15 is 0 Å². The van der Waals surface area contributed by atoms with Crippen LogP contribution in [0.5, 0.6) is 5.75 Å². The monoisotopic (exact) mass is 333 g/mol. The predicted molar refractivity (Wildman–Crippen MR) is 102 cm³/mol. The van der Waals surface area contributed by atoms with Crippen molar-refractivity contribution < 1.29 is 9.53 Å². The zero-order valence-corrected chi connectivity index (χ0v) is 14.8. The number of amides is 1. The van der Waals surface area contributed by atoms with E-state index in [1.54, 1.807) is 6.92 Å². The summed E-state index contributed by atoms with van der Waals surface area (Å²) in [6.45, 7) is 5.80. The Labute approximate surface area is 148 Å². The van der Waals surface area contributed by atoms with Crippen molar-refractivity contribution >= 4 is 16.7 Å². The molecule has 0 aliphatic carbocycles. The van der Waals surface area contributed by atoms with E-state index in [1.807, 2.05) is 74.5 Å². The van der Waals surface area contributed by atoms with Crippen molar-refractivity contribution in [2.24, 2.45) is 0 Å². The van der Waals surface area contributed by atoms with E-state index in [9.17, 15) is 4.79 Å². The van der Waals surface area contributed by atoms with Crippen molar-refractivity contribution in [2.75, 3.05) is 0 Å². The highest BCUT2D eigenvalue weighted by molar-refractivity contribution is 5.84. The quantitative estimate of drug-likeness (QED) is 0.729. The maximum atomic E-state index is 12.4. The Bertz CT molecular complexity index is 871. The molecule has 2 atom stereocenters. The first-order valence-corrected chi connectivity index (χ1v) is 8.55. The molecule has 3 aromatic rings. The lowest BCUT2D eigenvalue weighted by atomic mass is 10.1. The molecule has 0 saturated heterocycles. The third-order valence-electron chi connectivity index (χ3n) is 4.34. The van der Waals surface area contributed by atoms with Crippen LogP contribution < -0.4 is 10.1 Å². The number of rotatable bonds is 5. The van der Waals surface area contributed by atoms with Crippen LogP contribution in [0.3, 0.4) is 0 Å². The third-order valence-corrected chi connectivity index (χ3v) is 4.34. The minimum Gasteiger partial charge on any atom is -0.481 e. The number of carbonyl (C=O) groups excluding carboxylic acids is 1. The molecule has 0 bridgehead atoms. The van der Waals surface area contributed by atoms with E-state index in [2.05, 4.69) is 11.4 Å². The molecule has 0 fully saturated rings. The lowest BCUT2D eigenvalue weighted by Crippen LogP contribution is -2.37. The standard InChI is InChI=1S/C22H23NO2/c1-15-8-10-18(11-9-15)16(2)23-22(24)17(3)25-21-13-12-19-6-4-5-7-20(19)14-21/h4-14,16-17H,1-3H3,(H,23,24)/t16-,17+/m1/s1. The number of fused-ring (bicyclic) bond motifs is 1. The highest BCUT2D eigenvalue weighted by Crippen LogP contribution is 2.21. The van der Waals surface area contributed by atoms with Crippen LogP contribution in [-0.2, 0) is 4.79 Å². The first-order chi connectivity index (χ1) is 12.0. The molecule has 0 radical (unpaired) electrons. The van der Waals surface area contributed by atoms with Crippen LogP contribution in [0, 0.1) is 6.92 Å². The molecular formula is C22H23NO2. The van der Waals surface area contributed by atoms with Crippen LogP contribution in [0.4, 0.5) is 0 Å². The van der Waals surface area contributed by atoms with E-state index in [0.29, 0.717) is 5.75 Å². The highest BCUT2D eigenvalue weighted by atomic mass is 16.5. The number of carbonyl (C=O) groups is 1. The SMILES string of the molecule is Cc1ccc([C@@H](C)NC(=O)[C@H](C)Oc2ccc3ccccc3c2)cc1. The molecule has 1 amide bonds. The van der Waals surface area contributed by atoms with Crippen LogP contribution in [0.1, 0.15) is 31.0 Å². The van der Waals surface area contributed by atoms with Crippen molar-refractivity contribution in [1.82, 2.24) is 5.32 Å². The molecule has 3 aromatic carbocycles. The van der Waals surface area contributed by atoms with Crippen molar-refractivity contribution in [3.63, 3.8) is 0 Å². The lowest BCUT2D eigenvalue weighted by molar-refractivity contribution is -0.127. The van der Waals surface area contributed by atoms with Gasteiger partial charge in [0.05, 0.1) is 6.04 Å². The Morgan fingerprint density at radius 2 is 1.60 bits per heavy atom. The first-order valence-electron chi connectivity index (χ1n) is 8.55. The van der Waals surface area contributed by atoms with E-state index in [0.717, 1.165) is 16.3 Å². The summed E-state index contributed by atoms with van der Waals surface area (Å²) in [7, 11) is 0. The number of ether oxygens (including phenoxy) is 1. The van der Waals surface area contributed by atoms with Gasteiger partial charge in [0.1, 0.15) is 5.75 Å². The number of hydrogen-bond acceptors (Lipinski definition) is 2. The molecule has 3 rings (SSSR count). The molecule has 0 aliphatic rings. The summed E-state index contributed by atoms with van der Waals surface area (Å²) in [5, 5.41) is 5.26. The minimum atomic E-state index is -0.561. The maximum Gasteiger partial charge on any atom is 0.261 e. The van der Waals surface area contributed by atoms with Gasteiger partial charge in [0.25, 0.3) is 5.91 Å². The second-order valence-electron chi connectivity index (χ2n) is 6.41. The normalized spacial score (nSPS) is 13.2. The maximum absolute atomic E-state index is 12.4. The molecule has 0 aromatic heterocycles. The topological polar surface area (TPSA) is 38.3 Å². The van der Waals surface area contributed by atoms with E-state index in [4.69, 9.17) is 4.74 Å². The summed E-state index contributed by atoms with van der Waals surface area (Å²) >= 11 is 0.